The second-order valence-electron chi connectivity index (χ2n) is 5.74. The third kappa shape index (κ3) is 7.53. The Bertz CT molecular complexity index is 398. The summed E-state index contributed by atoms with van der Waals surface area (Å²) in [6.45, 7) is 4.54. The van der Waals surface area contributed by atoms with Gasteiger partial charge in [-0.05, 0) is 36.1 Å². The van der Waals surface area contributed by atoms with Gasteiger partial charge in [-0.15, -0.1) is 0 Å². The topological polar surface area (TPSA) is 0 Å². The number of rotatable bonds is 10. The van der Waals surface area contributed by atoms with Gasteiger partial charge in [-0.1, -0.05) is 88.8 Å². The smallest absolute Gasteiger partial charge is 0.0227 e. The van der Waals surface area contributed by atoms with E-state index in [1.165, 1.54) is 74.6 Å². The van der Waals surface area contributed by atoms with Crippen molar-refractivity contribution < 1.29 is 0 Å². The van der Waals surface area contributed by atoms with E-state index in [4.69, 9.17) is 0 Å². The van der Waals surface area contributed by atoms with Crippen LogP contribution in [0.5, 0.6) is 0 Å². The first kappa shape index (κ1) is 17.0. The lowest BCUT2D eigenvalue weighted by Gasteiger charge is -1.97. The lowest BCUT2D eigenvalue weighted by molar-refractivity contribution is 0.681. The van der Waals surface area contributed by atoms with E-state index in [-0.39, 0.29) is 0 Å². The summed E-state index contributed by atoms with van der Waals surface area (Å²) in [6.07, 6.45) is 18.1. The fraction of sp³-hybridized carbons (Fsp3) is 0.600. The first-order valence-electron chi connectivity index (χ1n) is 8.64. The molecular formula is C20H32. The van der Waals surface area contributed by atoms with E-state index in [1.54, 1.807) is 0 Å². The van der Waals surface area contributed by atoms with Crippen molar-refractivity contribution in [2.75, 3.05) is 0 Å². The molecule has 112 valence electrons. The molecule has 20 heavy (non-hydrogen) atoms. The first-order chi connectivity index (χ1) is 9.88. The fourth-order valence-corrected chi connectivity index (χ4v) is 2.54. The van der Waals surface area contributed by atoms with Crippen molar-refractivity contribution in [1.82, 2.24) is 0 Å². The van der Waals surface area contributed by atoms with Crippen molar-refractivity contribution in [3.63, 3.8) is 0 Å². The van der Waals surface area contributed by atoms with E-state index in [0.717, 1.165) is 0 Å². The summed E-state index contributed by atoms with van der Waals surface area (Å²) in [5.74, 6) is 0. The zero-order chi connectivity index (χ0) is 14.5. The van der Waals surface area contributed by atoms with Crippen LogP contribution >= 0.6 is 0 Å². The highest BCUT2D eigenvalue weighted by Gasteiger charge is 1.89. The highest BCUT2D eigenvalue weighted by Crippen LogP contribution is 2.03. The van der Waals surface area contributed by atoms with E-state index in [2.05, 4.69) is 50.3 Å². The molecule has 0 atom stereocenters. The largest absolute Gasteiger partial charge is 0.0767 e. The standard InChI is InChI=1S/C20H32/c1-3-5-7-9-11-15-19-17-13-14-18-20(19)16-12-10-8-6-4-2/h13-18H,3-12H2,1-2H3/b19-15-,20-16+. The van der Waals surface area contributed by atoms with Crippen molar-refractivity contribution in [2.45, 2.75) is 78.1 Å². The minimum Gasteiger partial charge on any atom is -0.0767 e. The van der Waals surface area contributed by atoms with Crippen LogP contribution in [0.4, 0.5) is 0 Å². The molecule has 0 radical (unpaired) electrons. The van der Waals surface area contributed by atoms with Crippen LogP contribution in [0.3, 0.4) is 0 Å². The van der Waals surface area contributed by atoms with E-state index in [1.807, 2.05) is 0 Å². The van der Waals surface area contributed by atoms with Crippen LogP contribution in [0.2, 0.25) is 0 Å². The molecule has 0 aromatic heterocycles. The molecule has 1 rings (SSSR count). The maximum atomic E-state index is 2.42. The minimum atomic E-state index is 1.22. The molecule has 0 fully saturated rings. The van der Waals surface area contributed by atoms with Crippen molar-refractivity contribution in [2.24, 2.45) is 0 Å². The molecule has 0 heterocycles. The molecule has 0 bridgehead atoms. The third-order valence-electron chi connectivity index (χ3n) is 3.84. The molecule has 0 heteroatoms. The van der Waals surface area contributed by atoms with Gasteiger partial charge in [-0.2, -0.15) is 0 Å². The van der Waals surface area contributed by atoms with Gasteiger partial charge in [-0.25, -0.2) is 0 Å². The van der Waals surface area contributed by atoms with E-state index in [9.17, 15) is 0 Å². The van der Waals surface area contributed by atoms with Crippen LogP contribution in [0.15, 0.2) is 24.3 Å². The fourth-order valence-electron chi connectivity index (χ4n) is 2.54. The molecule has 0 unspecified atom stereocenters. The van der Waals surface area contributed by atoms with Crippen molar-refractivity contribution in [3.8, 4) is 0 Å². The van der Waals surface area contributed by atoms with Gasteiger partial charge in [0.05, 0.1) is 0 Å². The second kappa shape index (κ2) is 11.8. The number of hydrogen-bond acceptors (Lipinski definition) is 0. The Labute approximate surface area is 125 Å². The molecule has 0 nitrogen and oxygen atoms in total. The first-order valence-corrected chi connectivity index (χ1v) is 8.64. The summed E-state index contributed by atoms with van der Waals surface area (Å²) in [5.41, 5.74) is 0. The highest BCUT2D eigenvalue weighted by molar-refractivity contribution is 5.31. The normalized spacial score (nSPS) is 13.1. The summed E-state index contributed by atoms with van der Waals surface area (Å²) < 4.78 is 0. The van der Waals surface area contributed by atoms with E-state index >= 15 is 0 Å². The maximum absolute atomic E-state index is 2.42. The summed E-state index contributed by atoms with van der Waals surface area (Å²) >= 11 is 0. The van der Waals surface area contributed by atoms with Crippen LogP contribution < -0.4 is 10.4 Å². The van der Waals surface area contributed by atoms with Gasteiger partial charge in [0, 0.05) is 0 Å². The third-order valence-corrected chi connectivity index (χ3v) is 3.84. The second-order valence-corrected chi connectivity index (χ2v) is 5.74. The van der Waals surface area contributed by atoms with Crippen LogP contribution in [0.1, 0.15) is 78.1 Å². The Morgan fingerprint density at radius 1 is 0.650 bits per heavy atom. The van der Waals surface area contributed by atoms with Gasteiger partial charge < -0.3 is 0 Å². The Balaban J connectivity index is 2.53. The minimum absolute atomic E-state index is 1.22. The average molecular weight is 272 g/mol. The zero-order valence-corrected chi connectivity index (χ0v) is 13.5. The molecule has 0 saturated heterocycles. The van der Waals surface area contributed by atoms with E-state index < -0.39 is 0 Å². The molecule has 1 aromatic rings. The molecule has 1 aromatic carbocycles. The SMILES string of the molecule is CCCCCC/C=c1/cccc/c1=C\CCCCCC. The Kier molecular flexibility index (Phi) is 10.0. The number of benzene rings is 1. The number of unbranched alkanes of at least 4 members (excludes halogenated alkanes) is 8. The Morgan fingerprint density at radius 2 is 1.10 bits per heavy atom. The lowest BCUT2D eigenvalue weighted by Crippen LogP contribution is -2.23. The predicted molar refractivity (Wildman–Crippen MR) is 92.1 cm³/mol. The Morgan fingerprint density at radius 3 is 1.50 bits per heavy atom. The number of hydrogen-bond donors (Lipinski definition) is 0. The van der Waals surface area contributed by atoms with Crippen LogP contribution in [0.25, 0.3) is 12.2 Å². The lowest BCUT2D eigenvalue weighted by atomic mass is 10.1. The van der Waals surface area contributed by atoms with Gasteiger partial charge in [0.25, 0.3) is 0 Å². The molecule has 0 aliphatic heterocycles. The summed E-state index contributed by atoms with van der Waals surface area (Å²) in [4.78, 5) is 0. The highest BCUT2D eigenvalue weighted by atomic mass is 13.9. The Hall–Kier alpha value is -1.04. The van der Waals surface area contributed by atoms with Gasteiger partial charge in [-0.3, -0.25) is 0 Å². The van der Waals surface area contributed by atoms with Gasteiger partial charge in [0.15, 0.2) is 0 Å². The zero-order valence-electron chi connectivity index (χ0n) is 13.5. The molecule has 0 aliphatic rings. The molecule has 0 amide bonds. The summed E-state index contributed by atoms with van der Waals surface area (Å²) in [5, 5.41) is 2.86. The molecular weight excluding hydrogens is 240 g/mol. The molecule has 0 N–H and O–H groups in total. The molecule has 0 aliphatic carbocycles. The van der Waals surface area contributed by atoms with Gasteiger partial charge in [0.2, 0.25) is 0 Å². The van der Waals surface area contributed by atoms with Crippen molar-refractivity contribution >= 4 is 12.2 Å². The van der Waals surface area contributed by atoms with Gasteiger partial charge >= 0.3 is 0 Å². The maximum Gasteiger partial charge on any atom is -0.0227 e. The quantitative estimate of drug-likeness (QED) is 0.514. The van der Waals surface area contributed by atoms with Gasteiger partial charge in [0.1, 0.15) is 0 Å². The summed E-state index contributed by atoms with van der Waals surface area (Å²) in [7, 11) is 0. The van der Waals surface area contributed by atoms with Crippen LogP contribution in [0, 0.1) is 0 Å². The van der Waals surface area contributed by atoms with Crippen molar-refractivity contribution in [1.29, 1.82) is 0 Å². The monoisotopic (exact) mass is 272 g/mol. The summed E-state index contributed by atoms with van der Waals surface area (Å²) in [6, 6.07) is 8.84. The van der Waals surface area contributed by atoms with Crippen LogP contribution in [-0.2, 0) is 0 Å². The molecule has 0 saturated carbocycles. The van der Waals surface area contributed by atoms with Crippen LogP contribution in [-0.4, -0.2) is 0 Å². The average Bonchev–Trinajstić information content (AvgIpc) is 2.48. The molecule has 0 spiro atoms. The van der Waals surface area contributed by atoms with E-state index in [0.29, 0.717) is 0 Å². The van der Waals surface area contributed by atoms with Crippen molar-refractivity contribution in [3.05, 3.63) is 34.7 Å². The predicted octanol–water partition coefficient (Wildman–Crippen LogP) is 5.19.